The molecule has 4 nitrogen and oxygen atoms in total. The summed E-state index contributed by atoms with van der Waals surface area (Å²) in [6.07, 6.45) is 4.57. The second-order valence-electron chi connectivity index (χ2n) is 9.27. The Morgan fingerprint density at radius 2 is 1.58 bits per heavy atom. The molecule has 0 atom stereocenters. The maximum atomic E-state index is 13.5. The first kappa shape index (κ1) is 21.6. The third-order valence-corrected chi connectivity index (χ3v) is 7.04. The molecule has 3 aromatic carbocycles. The number of nitrogens with zero attached hydrogens (tertiary/aromatic N) is 2. The summed E-state index contributed by atoms with van der Waals surface area (Å²) in [7, 11) is 0. The van der Waals surface area contributed by atoms with E-state index in [-0.39, 0.29) is 5.91 Å². The van der Waals surface area contributed by atoms with Crippen molar-refractivity contribution >= 4 is 23.0 Å². The van der Waals surface area contributed by atoms with Crippen molar-refractivity contribution in [3.8, 4) is 0 Å². The molecule has 33 heavy (non-hydrogen) atoms. The van der Waals surface area contributed by atoms with Crippen molar-refractivity contribution in [2.24, 2.45) is 10.9 Å². The minimum Gasteiger partial charge on any atom is -0.317 e. The van der Waals surface area contributed by atoms with Crippen LogP contribution in [0.25, 0.3) is 0 Å². The maximum Gasteiger partial charge on any atom is 0.281 e. The standard InChI is InChI=1S/C29H31N3O/c1-2-22-12-14-25(15-13-22)30-28-26-10-6-7-11-27(26)32(29(28)33)21-31-18-16-24(17-19-31)20-23-8-4-3-5-9-23/h3-15,24H,2,16-21H2,1H3/p+1. The number of hydrogen-bond acceptors (Lipinski definition) is 2. The molecule has 0 unspecified atom stereocenters. The molecule has 0 bridgehead atoms. The summed E-state index contributed by atoms with van der Waals surface area (Å²) in [6, 6.07) is 27.1. The zero-order chi connectivity index (χ0) is 22.6. The Hall–Kier alpha value is -3.24. The number of fused-ring (bicyclic) bond motifs is 1. The van der Waals surface area contributed by atoms with Crippen molar-refractivity contribution in [1.82, 2.24) is 0 Å². The first-order valence-electron chi connectivity index (χ1n) is 12.2. The fourth-order valence-corrected chi connectivity index (χ4v) is 5.08. The predicted molar refractivity (Wildman–Crippen MR) is 134 cm³/mol. The Morgan fingerprint density at radius 1 is 0.879 bits per heavy atom. The molecule has 0 saturated carbocycles. The monoisotopic (exact) mass is 438 g/mol. The number of para-hydroxylation sites is 1. The van der Waals surface area contributed by atoms with Crippen LogP contribution in [0.5, 0.6) is 0 Å². The van der Waals surface area contributed by atoms with Crippen LogP contribution in [0, 0.1) is 5.92 Å². The van der Waals surface area contributed by atoms with E-state index in [0.29, 0.717) is 12.4 Å². The highest BCUT2D eigenvalue weighted by Crippen LogP contribution is 2.30. The van der Waals surface area contributed by atoms with Crippen LogP contribution in [0.15, 0.2) is 83.9 Å². The third kappa shape index (κ3) is 4.76. The molecule has 5 rings (SSSR count). The number of aryl methyl sites for hydroxylation is 1. The van der Waals surface area contributed by atoms with Gasteiger partial charge in [-0.3, -0.25) is 9.69 Å². The van der Waals surface area contributed by atoms with Gasteiger partial charge in [0.1, 0.15) is 5.71 Å². The molecule has 0 aliphatic carbocycles. The van der Waals surface area contributed by atoms with Gasteiger partial charge < -0.3 is 4.90 Å². The zero-order valence-electron chi connectivity index (χ0n) is 19.3. The van der Waals surface area contributed by atoms with Crippen LogP contribution in [0.2, 0.25) is 0 Å². The number of hydrogen-bond donors (Lipinski definition) is 1. The van der Waals surface area contributed by atoms with Gasteiger partial charge in [0.15, 0.2) is 6.67 Å². The lowest BCUT2D eigenvalue weighted by Crippen LogP contribution is -3.14. The number of piperidine rings is 1. The molecule has 0 radical (unpaired) electrons. The molecule has 2 heterocycles. The third-order valence-electron chi connectivity index (χ3n) is 7.04. The number of amides is 1. The van der Waals surface area contributed by atoms with Crippen LogP contribution in [0.1, 0.15) is 36.5 Å². The van der Waals surface area contributed by atoms with Gasteiger partial charge >= 0.3 is 0 Å². The lowest BCUT2D eigenvalue weighted by atomic mass is 9.90. The summed E-state index contributed by atoms with van der Waals surface area (Å²) in [4.78, 5) is 21.7. The molecule has 1 amide bonds. The smallest absolute Gasteiger partial charge is 0.281 e. The SMILES string of the molecule is CCc1ccc(N=C2C(=O)N(C[NH+]3CCC(Cc4ccccc4)CC3)c3ccccc32)cc1. The average molecular weight is 439 g/mol. The normalized spacial score (nSPS) is 21.4. The number of nitrogens with one attached hydrogen (secondary N) is 1. The number of quaternary nitrogens is 1. The van der Waals surface area contributed by atoms with Crippen molar-refractivity contribution in [2.75, 3.05) is 24.7 Å². The molecular weight excluding hydrogens is 406 g/mol. The summed E-state index contributed by atoms with van der Waals surface area (Å²) < 4.78 is 0. The van der Waals surface area contributed by atoms with Crippen LogP contribution in [-0.4, -0.2) is 31.4 Å². The second kappa shape index (κ2) is 9.72. The topological polar surface area (TPSA) is 37.1 Å². The van der Waals surface area contributed by atoms with Crippen molar-refractivity contribution < 1.29 is 9.69 Å². The summed E-state index contributed by atoms with van der Waals surface area (Å²) in [5.74, 6) is 0.760. The highest BCUT2D eigenvalue weighted by atomic mass is 16.2. The van der Waals surface area contributed by atoms with E-state index in [0.717, 1.165) is 48.8 Å². The van der Waals surface area contributed by atoms with Crippen molar-refractivity contribution in [1.29, 1.82) is 0 Å². The number of carbonyl (C=O) groups excluding carboxylic acids is 1. The molecule has 2 aliphatic heterocycles. The van der Waals surface area contributed by atoms with Crippen LogP contribution < -0.4 is 9.80 Å². The van der Waals surface area contributed by atoms with E-state index in [1.54, 1.807) is 0 Å². The van der Waals surface area contributed by atoms with Gasteiger partial charge in [0.2, 0.25) is 0 Å². The second-order valence-corrected chi connectivity index (χ2v) is 9.27. The molecule has 1 saturated heterocycles. The predicted octanol–water partition coefficient (Wildman–Crippen LogP) is 4.21. The van der Waals surface area contributed by atoms with E-state index in [2.05, 4.69) is 55.5 Å². The number of aliphatic imine (C=N–C) groups is 1. The fraction of sp³-hybridized carbons (Fsp3) is 0.310. The average Bonchev–Trinajstić information content (AvgIpc) is 3.12. The van der Waals surface area contributed by atoms with E-state index in [9.17, 15) is 4.79 Å². The number of rotatable bonds is 6. The molecule has 0 aromatic heterocycles. The van der Waals surface area contributed by atoms with Gasteiger partial charge in [0.05, 0.1) is 24.5 Å². The minimum absolute atomic E-state index is 0.0228. The van der Waals surface area contributed by atoms with Crippen LogP contribution >= 0.6 is 0 Å². The largest absolute Gasteiger partial charge is 0.317 e. The van der Waals surface area contributed by atoms with Crippen LogP contribution in [0.3, 0.4) is 0 Å². The number of anilines is 1. The fourth-order valence-electron chi connectivity index (χ4n) is 5.08. The first-order chi connectivity index (χ1) is 16.2. The Bertz CT molecular complexity index is 1130. The lowest BCUT2D eigenvalue weighted by Gasteiger charge is -2.32. The molecule has 2 aliphatic rings. The van der Waals surface area contributed by atoms with Crippen molar-refractivity contribution in [2.45, 2.75) is 32.6 Å². The van der Waals surface area contributed by atoms with E-state index in [1.165, 1.54) is 28.9 Å². The van der Waals surface area contributed by atoms with E-state index < -0.39 is 0 Å². The Balaban J connectivity index is 1.28. The van der Waals surface area contributed by atoms with E-state index in [4.69, 9.17) is 4.99 Å². The highest BCUT2D eigenvalue weighted by molar-refractivity contribution is 6.54. The molecule has 1 N–H and O–H groups in total. The van der Waals surface area contributed by atoms with Crippen LogP contribution in [0.4, 0.5) is 11.4 Å². The van der Waals surface area contributed by atoms with E-state index >= 15 is 0 Å². The van der Waals surface area contributed by atoms with Gasteiger partial charge in [-0.05, 0) is 60.9 Å². The molecule has 3 aromatic rings. The van der Waals surface area contributed by atoms with Crippen LogP contribution in [-0.2, 0) is 17.6 Å². The number of carbonyl (C=O) groups is 1. The van der Waals surface area contributed by atoms with Gasteiger partial charge in [-0.25, -0.2) is 4.99 Å². The van der Waals surface area contributed by atoms with Gasteiger partial charge in [0, 0.05) is 5.56 Å². The molecule has 0 spiro atoms. The van der Waals surface area contributed by atoms with Crippen molar-refractivity contribution in [3.05, 3.63) is 95.6 Å². The first-order valence-corrected chi connectivity index (χ1v) is 12.2. The van der Waals surface area contributed by atoms with Gasteiger partial charge in [-0.15, -0.1) is 0 Å². The van der Waals surface area contributed by atoms with Gasteiger partial charge in [-0.2, -0.15) is 0 Å². The maximum absolute atomic E-state index is 13.5. The Morgan fingerprint density at radius 3 is 2.30 bits per heavy atom. The summed E-state index contributed by atoms with van der Waals surface area (Å²) >= 11 is 0. The quantitative estimate of drug-likeness (QED) is 0.615. The Labute approximate surface area is 196 Å². The summed E-state index contributed by atoms with van der Waals surface area (Å²) in [5, 5.41) is 0. The molecule has 168 valence electrons. The van der Waals surface area contributed by atoms with Gasteiger partial charge in [-0.1, -0.05) is 67.6 Å². The molecule has 4 heteroatoms. The summed E-state index contributed by atoms with van der Waals surface area (Å²) in [6.45, 7) is 5.06. The molecule has 1 fully saturated rings. The van der Waals surface area contributed by atoms with Gasteiger partial charge in [0.25, 0.3) is 5.91 Å². The number of benzene rings is 3. The molecular formula is C29H32N3O+. The summed E-state index contributed by atoms with van der Waals surface area (Å²) in [5.41, 5.74) is 6.04. The van der Waals surface area contributed by atoms with E-state index in [1.807, 2.05) is 35.2 Å². The zero-order valence-corrected chi connectivity index (χ0v) is 19.3. The van der Waals surface area contributed by atoms with Crippen molar-refractivity contribution in [3.63, 3.8) is 0 Å². The number of likely N-dealkylation sites (tertiary alicyclic amines) is 1. The lowest BCUT2D eigenvalue weighted by molar-refractivity contribution is -0.904. The minimum atomic E-state index is 0.0228. The Kier molecular flexibility index (Phi) is 6.36. The highest BCUT2D eigenvalue weighted by Gasteiger charge is 2.36.